The summed E-state index contributed by atoms with van der Waals surface area (Å²) in [5.74, 6) is 0. The van der Waals surface area contributed by atoms with Crippen molar-refractivity contribution < 1.29 is 31.1 Å². The molecule has 0 amide bonds. The van der Waals surface area contributed by atoms with Gasteiger partial charge in [-0.3, -0.25) is 0 Å². The van der Waals surface area contributed by atoms with Gasteiger partial charge in [0.25, 0.3) is 0 Å². The van der Waals surface area contributed by atoms with E-state index >= 15 is 0 Å². The molecule has 0 aliphatic rings. The van der Waals surface area contributed by atoms with Crippen LogP contribution in [0.1, 0.15) is 6.92 Å². The van der Waals surface area contributed by atoms with Crippen LogP contribution in [0.5, 0.6) is 0 Å². The van der Waals surface area contributed by atoms with Gasteiger partial charge >= 0.3 is 31.1 Å². The third-order valence-electron chi connectivity index (χ3n) is 0. The minimum absolute atomic E-state index is 0. The Morgan fingerprint density at radius 1 is 1.57 bits per heavy atom. The minimum Gasteiger partial charge on any atom is -0.814 e. The molecule has 0 bridgehead atoms. The summed E-state index contributed by atoms with van der Waals surface area (Å²) in [6.45, 7) is 5.06. The van der Waals surface area contributed by atoms with Crippen molar-refractivity contribution in [3.05, 3.63) is 11.6 Å². The second-order valence-electron chi connectivity index (χ2n) is 0.258. The monoisotopic (exact) mass is 323 g/mol. The Bertz CT molecular complexity index is 34.4. The summed E-state index contributed by atoms with van der Waals surface area (Å²) in [6.07, 6.45) is 1.00. The second kappa shape index (κ2) is 120. The topological polar surface area (TPSA) is 79.6 Å². The first kappa shape index (κ1) is 27.2. The van der Waals surface area contributed by atoms with Crippen LogP contribution in [0, 0.1) is 42.9 Å². The van der Waals surface area contributed by atoms with Gasteiger partial charge in [0.1, 0.15) is 0 Å². The summed E-state index contributed by atoms with van der Waals surface area (Å²) in [7, 11) is 0. The smallest absolute Gasteiger partial charge is 0.814 e. The van der Waals surface area contributed by atoms with Crippen LogP contribution in [-0.2, 0) is 0 Å². The van der Waals surface area contributed by atoms with E-state index in [1.54, 1.807) is 6.92 Å². The Morgan fingerprint density at radius 3 is 1.57 bits per heavy atom. The van der Waals surface area contributed by atoms with Crippen molar-refractivity contribution >= 4 is 6.21 Å². The Hall–Kier alpha value is 0.172. The van der Waals surface area contributed by atoms with Gasteiger partial charge in [-0.2, -0.15) is 0 Å². The predicted molar refractivity (Wildman–Crippen MR) is 27.1 cm³/mol. The molecule has 4 heteroatoms. The average molecular weight is 323 g/mol. The van der Waals surface area contributed by atoms with Gasteiger partial charge in [-0.1, -0.05) is 6.92 Å². The Kier molecular flexibility index (Phi) is 466. The van der Waals surface area contributed by atoms with Crippen LogP contribution in [-0.4, -0.2) is 6.21 Å². The molecular weight excluding hydrogens is 316 g/mol. The van der Waals surface area contributed by atoms with E-state index in [0.717, 1.165) is 6.21 Å². The molecule has 0 aliphatic heterocycles. The Labute approximate surface area is 67.6 Å². The normalized spacial score (nSPS) is 2.14. The van der Waals surface area contributed by atoms with Crippen LogP contribution in [0.4, 0.5) is 0 Å². The average Bonchev–Trinajstić information content (AvgIpc) is 1.46. The quantitative estimate of drug-likeness (QED) is 0.622. The van der Waals surface area contributed by atoms with E-state index < -0.39 is 0 Å². The molecule has 0 aromatic heterocycles. The van der Waals surface area contributed by atoms with Crippen molar-refractivity contribution in [3.8, 4) is 6.57 Å². The maximum Gasteiger partial charge on any atom is 2.00 e. The maximum atomic E-state index is 7.44. The molecule has 38 valence electrons. The molecule has 0 fully saturated rings. The summed E-state index contributed by atoms with van der Waals surface area (Å²) in [4.78, 5) is 0. The fourth-order valence-corrected chi connectivity index (χ4v) is 0. The number of nitrogens with two attached hydrogens (primary N) is 1. The summed E-state index contributed by atoms with van der Waals surface area (Å²) >= 11 is 0. The summed E-state index contributed by atoms with van der Waals surface area (Å²) in [5.41, 5.74) is 0. The Balaban J connectivity index is -0.0000000105. The van der Waals surface area contributed by atoms with Crippen LogP contribution in [0.3, 0.4) is 0 Å². The third-order valence-corrected chi connectivity index (χ3v) is 0. The molecule has 0 saturated carbocycles. The van der Waals surface area contributed by atoms with Crippen molar-refractivity contribution in [2.24, 2.45) is 0 Å². The standard InChI is InChI=1S/C2H4N.CHN.H2N.U/c1-2-3;1-2;;/h2H,1H3;1H;1H2;/q-1;;-1;+2. The van der Waals surface area contributed by atoms with Crippen LogP contribution < -0.4 is 0 Å². The van der Waals surface area contributed by atoms with E-state index in [9.17, 15) is 0 Å². The molecule has 0 atom stereocenters. The first-order chi connectivity index (χ1) is 2.41. The second-order valence-corrected chi connectivity index (χ2v) is 0.258. The first-order valence-electron chi connectivity index (χ1n) is 1.09. The molecule has 0 unspecified atom stereocenters. The Morgan fingerprint density at radius 2 is 1.57 bits per heavy atom. The molecule has 2 N–H and O–H groups in total. The van der Waals surface area contributed by atoms with E-state index in [-0.39, 0.29) is 37.3 Å². The van der Waals surface area contributed by atoms with E-state index in [0.29, 0.717) is 0 Å². The zero-order valence-corrected chi connectivity index (χ0v) is 8.29. The molecule has 0 heterocycles. The van der Waals surface area contributed by atoms with Crippen LogP contribution >= 0.6 is 0 Å². The van der Waals surface area contributed by atoms with Crippen molar-refractivity contribution in [1.82, 2.24) is 0 Å². The van der Waals surface area contributed by atoms with Gasteiger partial charge in [-0.25, -0.2) is 11.5 Å². The van der Waals surface area contributed by atoms with Crippen molar-refractivity contribution in [3.63, 3.8) is 0 Å². The molecule has 0 aromatic carbocycles. The van der Waals surface area contributed by atoms with E-state index in [4.69, 9.17) is 10.7 Å². The SMILES string of the molecule is C#N.CC=[N-].[NH2-].[U+2]. The predicted octanol–water partition coefficient (Wildman–Crippen LogP) is 1.50. The van der Waals surface area contributed by atoms with Crippen molar-refractivity contribution in [2.45, 2.75) is 6.92 Å². The van der Waals surface area contributed by atoms with Crippen LogP contribution in [0.15, 0.2) is 0 Å². The molecule has 3 nitrogen and oxygen atoms in total. The van der Waals surface area contributed by atoms with E-state index in [2.05, 4.69) is 6.57 Å². The third kappa shape index (κ3) is 3630. The van der Waals surface area contributed by atoms with Gasteiger partial charge in [-0.05, 0) is 0 Å². The first-order valence-corrected chi connectivity index (χ1v) is 1.09. The van der Waals surface area contributed by atoms with Gasteiger partial charge in [0, 0.05) is 6.57 Å². The molecule has 0 rings (SSSR count). The summed E-state index contributed by atoms with van der Waals surface area (Å²) in [5, 5.41) is 13.9. The molecule has 0 aliphatic carbocycles. The van der Waals surface area contributed by atoms with Crippen molar-refractivity contribution in [1.29, 1.82) is 5.26 Å². The van der Waals surface area contributed by atoms with Gasteiger partial charge in [0.2, 0.25) is 0 Å². The van der Waals surface area contributed by atoms with Gasteiger partial charge in [-0.15, -0.1) is 0 Å². The number of nitrogens with zero attached hydrogens (tertiary/aromatic N) is 2. The molecule has 0 radical (unpaired) electrons. The number of rotatable bonds is 0. The van der Waals surface area contributed by atoms with Crippen molar-refractivity contribution in [2.75, 3.05) is 0 Å². The molecule has 0 spiro atoms. The van der Waals surface area contributed by atoms with Crippen LogP contribution in [0.2, 0.25) is 0 Å². The van der Waals surface area contributed by atoms with E-state index in [1.165, 1.54) is 0 Å². The summed E-state index contributed by atoms with van der Waals surface area (Å²) in [6, 6.07) is 0. The molecular formula is C3H7N3U. The summed E-state index contributed by atoms with van der Waals surface area (Å²) < 4.78 is 0. The largest absolute Gasteiger partial charge is 2.00 e. The maximum absolute atomic E-state index is 7.44. The number of hydrogen-bond acceptors (Lipinski definition) is 1. The van der Waals surface area contributed by atoms with Gasteiger partial charge in [0.05, 0.1) is 0 Å². The fourth-order valence-electron chi connectivity index (χ4n) is 0. The molecule has 7 heavy (non-hydrogen) atoms. The molecule has 0 saturated heterocycles. The number of nitriles is 1. The van der Waals surface area contributed by atoms with E-state index in [1.807, 2.05) is 0 Å². The zero-order valence-electron chi connectivity index (χ0n) is 4.13. The van der Waals surface area contributed by atoms with Gasteiger partial charge in [0.15, 0.2) is 0 Å². The fraction of sp³-hybridized carbons (Fsp3) is 0.333. The zero-order chi connectivity index (χ0) is 4.71. The number of hydrogen-bond donors (Lipinski definition) is 0. The van der Waals surface area contributed by atoms with Gasteiger partial charge < -0.3 is 11.6 Å². The van der Waals surface area contributed by atoms with Crippen LogP contribution in [0.25, 0.3) is 11.6 Å². The molecule has 0 aromatic rings. The minimum atomic E-state index is 0.